The average molecular weight is 539 g/mol. The van der Waals surface area contributed by atoms with Gasteiger partial charge in [0.2, 0.25) is 0 Å². The molecule has 0 radical (unpaired) electrons. The highest BCUT2D eigenvalue weighted by atomic mass is 16.5. The Labute approximate surface area is 240 Å². The van der Waals surface area contributed by atoms with Gasteiger partial charge in [-0.2, -0.15) is 21.0 Å². The Morgan fingerprint density at radius 3 is 1.88 bits per heavy atom. The van der Waals surface area contributed by atoms with Gasteiger partial charge in [-0.1, -0.05) is 42.0 Å². The second kappa shape index (κ2) is 8.90. The summed E-state index contributed by atoms with van der Waals surface area (Å²) in [4.78, 5) is 0. The Balaban J connectivity index is 1.76. The number of aryl methyl sites for hydroxylation is 1. The number of hydrogen-bond acceptors (Lipinski definition) is 5. The van der Waals surface area contributed by atoms with Crippen molar-refractivity contribution in [2.75, 3.05) is 0 Å². The number of nitrogens with zero attached hydrogens (tertiary/aromatic N) is 6. The molecule has 5 aromatic carbocycles. The third-order valence-electron chi connectivity index (χ3n) is 8.01. The van der Waals surface area contributed by atoms with E-state index >= 15 is 5.21 Å². The molecule has 1 atom stereocenters. The van der Waals surface area contributed by atoms with Crippen LogP contribution in [0.25, 0.3) is 38.6 Å². The molecule has 42 heavy (non-hydrogen) atoms. The zero-order valence-electron chi connectivity index (χ0n) is 22.3. The monoisotopic (exact) mass is 538 g/mol. The van der Waals surface area contributed by atoms with E-state index in [2.05, 4.69) is 24.3 Å². The van der Waals surface area contributed by atoms with Crippen LogP contribution in [0.4, 0.5) is 17.1 Å². The predicted octanol–water partition coefficient (Wildman–Crippen LogP) is 8.03. The lowest BCUT2D eigenvalue weighted by atomic mass is 10.00. The molecule has 6 aromatic rings. The molecule has 7 nitrogen and oxygen atoms in total. The van der Waals surface area contributed by atoms with E-state index < -0.39 is 4.65 Å². The summed E-state index contributed by atoms with van der Waals surface area (Å²) < 4.78 is 0.782. The molecular weight excluding hydrogens is 520 g/mol. The minimum atomic E-state index is -1.12. The van der Waals surface area contributed by atoms with E-state index in [-0.39, 0.29) is 16.8 Å². The molecule has 1 aliphatic rings. The van der Waals surface area contributed by atoms with E-state index in [4.69, 9.17) is 0 Å². The number of fused-ring (bicyclic) bond motifs is 7. The van der Waals surface area contributed by atoms with Crippen LogP contribution in [0.15, 0.2) is 91.0 Å². The molecule has 0 N–H and O–H groups in total. The summed E-state index contributed by atoms with van der Waals surface area (Å²) in [5.41, 5.74) is 5.77. The molecule has 0 saturated heterocycles. The zero-order valence-corrected chi connectivity index (χ0v) is 22.3. The van der Waals surface area contributed by atoms with Gasteiger partial charge in [0.25, 0.3) is 0 Å². The van der Waals surface area contributed by atoms with Crippen LogP contribution < -0.4 is 4.65 Å². The predicted molar refractivity (Wildman–Crippen MR) is 161 cm³/mol. The molecule has 7 heteroatoms. The largest absolute Gasteiger partial charge is 0.616 e. The van der Waals surface area contributed by atoms with Crippen LogP contribution in [0.2, 0.25) is 0 Å². The SMILES string of the molecule is Cc1ccc2c(c1)-c1c(ccc3c4ccccc4n(-c4c(C#N)cccc4C#N)c13)[N+]2([O-])c1c(C#N)cccc1C#N. The van der Waals surface area contributed by atoms with Gasteiger partial charge in [-0.3, -0.25) is 4.65 Å². The van der Waals surface area contributed by atoms with Crippen molar-refractivity contribution in [3.63, 3.8) is 0 Å². The zero-order chi connectivity index (χ0) is 29.2. The highest BCUT2D eigenvalue weighted by Crippen LogP contribution is 2.61. The summed E-state index contributed by atoms with van der Waals surface area (Å²) in [6, 6.07) is 35.4. The number of quaternary nitrogens is 1. The lowest BCUT2D eigenvalue weighted by molar-refractivity contribution is 0.706. The quantitative estimate of drug-likeness (QED) is 0.163. The van der Waals surface area contributed by atoms with Crippen molar-refractivity contribution in [3.8, 4) is 41.1 Å². The minimum absolute atomic E-state index is 0.0588. The number of para-hydroxylation sites is 3. The fourth-order valence-corrected chi connectivity index (χ4v) is 6.33. The second-order valence-corrected chi connectivity index (χ2v) is 10.2. The molecule has 0 fully saturated rings. The van der Waals surface area contributed by atoms with E-state index in [0.717, 1.165) is 21.9 Å². The van der Waals surface area contributed by atoms with E-state index in [9.17, 15) is 21.0 Å². The number of nitriles is 4. The van der Waals surface area contributed by atoms with Gasteiger partial charge in [0.15, 0.2) is 17.1 Å². The summed E-state index contributed by atoms with van der Waals surface area (Å²) in [5.74, 6) is 0. The van der Waals surface area contributed by atoms with Gasteiger partial charge in [-0.15, -0.1) is 0 Å². The molecule has 0 spiro atoms. The summed E-state index contributed by atoms with van der Waals surface area (Å²) >= 11 is 0. The normalized spacial score (nSPS) is 14.9. The molecular formula is C35H18N6O. The maximum atomic E-state index is 15.5. The summed E-state index contributed by atoms with van der Waals surface area (Å²) in [6.45, 7) is 1.94. The van der Waals surface area contributed by atoms with Gasteiger partial charge in [0.1, 0.15) is 35.4 Å². The fourth-order valence-electron chi connectivity index (χ4n) is 6.33. The van der Waals surface area contributed by atoms with Gasteiger partial charge in [0.05, 0.1) is 39.0 Å². The average Bonchev–Trinajstić information content (AvgIpc) is 3.49. The molecule has 0 aliphatic carbocycles. The minimum Gasteiger partial charge on any atom is -0.616 e. The van der Waals surface area contributed by atoms with Crippen LogP contribution >= 0.6 is 0 Å². The van der Waals surface area contributed by atoms with E-state index in [0.29, 0.717) is 44.8 Å². The maximum Gasteiger partial charge on any atom is 0.179 e. The number of aromatic nitrogens is 1. The third-order valence-corrected chi connectivity index (χ3v) is 8.01. The van der Waals surface area contributed by atoms with Gasteiger partial charge in [-0.25, -0.2) is 0 Å². The number of rotatable bonds is 2. The molecule has 1 aliphatic heterocycles. The lowest BCUT2D eigenvalue weighted by Crippen LogP contribution is -2.31. The Morgan fingerprint density at radius 2 is 1.24 bits per heavy atom. The number of benzene rings is 5. The first-order valence-corrected chi connectivity index (χ1v) is 13.1. The van der Waals surface area contributed by atoms with Crippen molar-refractivity contribution in [3.05, 3.63) is 124 Å². The number of hydrogen-bond donors (Lipinski definition) is 0. The highest BCUT2D eigenvalue weighted by Gasteiger charge is 2.44. The van der Waals surface area contributed by atoms with Gasteiger partial charge in [-0.05, 0) is 49.4 Å². The van der Waals surface area contributed by atoms with E-state index in [1.807, 2.05) is 54.0 Å². The van der Waals surface area contributed by atoms with Crippen LogP contribution in [0.5, 0.6) is 0 Å². The lowest BCUT2D eigenvalue weighted by Gasteiger charge is -2.39. The second-order valence-electron chi connectivity index (χ2n) is 10.2. The Morgan fingerprint density at radius 1 is 0.643 bits per heavy atom. The first-order chi connectivity index (χ1) is 20.5. The van der Waals surface area contributed by atoms with Gasteiger partial charge < -0.3 is 9.77 Å². The molecule has 0 amide bonds. The van der Waals surface area contributed by atoms with Crippen molar-refractivity contribution in [2.45, 2.75) is 6.92 Å². The van der Waals surface area contributed by atoms with Gasteiger partial charge in [0, 0.05) is 22.9 Å². The Hall–Kier alpha value is -6.22. The Bertz CT molecular complexity index is 2270. The van der Waals surface area contributed by atoms with Crippen LogP contribution in [-0.2, 0) is 0 Å². The summed E-state index contributed by atoms with van der Waals surface area (Å²) in [6.07, 6.45) is 0. The van der Waals surface area contributed by atoms with Crippen LogP contribution in [0.3, 0.4) is 0 Å². The van der Waals surface area contributed by atoms with E-state index in [1.165, 1.54) is 0 Å². The molecule has 1 aromatic heterocycles. The van der Waals surface area contributed by atoms with E-state index in [1.54, 1.807) is 48.5 Å². The van der Waals surface area contributed by atoms with Crippen molar-refractivity contribution >= 4 is 38.9 Å². The molecule has 1 unspecified atom stereocenters. The van der Waals surface area contributed by atoms with Crippen LogP contribution in [0.1, 0.15) is 27.8 Å². The summed E-state index contributed by atoms with van der Waals surface area (Å²) in [5, 5.41) is 57.6. The molecule has 0 saturated carbocycles. The van der Waals surface area contributed by atoms with Crippen molar-refractivity contribution < 1.29 is 0 Å². The van der Waals surface area contributed by atoms with Crippen LogP contribution in [0, 0.1) is 57.5 Å². The Kier molecular flexibility index (Phi) is 5.25. The molecule has 0 bridgehead atoms. The van der Waals surface area contributed by atoms with Crippen molar-refractivity contribution in [1.82, 2.24) is 9.21 Å². The van der Waals surface area contributed by atoms with Crippen molar-refractivity contribution in [2.24, 2.45) is 0 Å². The van der Waals surface area contributed by atoms with Gasteiger partial charge >= 0.3 is 0 Å². The topological polar surface area (TPSA) is 123 Å². The van der Waals surface area contributed by atoms with Crippen molar-refractivity contribution in [1.29, 1.82) is 21.0 Å². The smallest absolute Gasteiger partial charge is 0.179 e. The first kappa shape index (κ1) is 24.8. The third kappa shape index (κ3) is 3.07. The standard InChI is InChI=1S/C35H18N6O/c1-21-12-14-30-28(16-21)32-31(41(30,42)35-24(19-38)8-5-9-25(35)20-39)15-13-27-26-10-2-3-11-29(26)40(34(27)32)33-22(17-36)6-4-7-23(33)18-37/h2-16H,1H3. The molecule has 2 heterocycles. The maximum absolute atomic E-state index is 15.5. The summed E-state index contributed by atoms with van der Waals surface area (Å²) in [7, 11) is 0. The molecule has 7 rings (SSSR count). The van der Waals surface area contributed by atoms with Crippen LogP contribution in [-0.4, -0.2) is 4.57 Å². The fraction of sp³-hybridized carbons (Fsp3) is 0.0286. The highest BCUT2D eigenvalue weighted by molar-refractivity contribution is 6.19. The molecule has 194 valence electrons. The first-order valence-electron chi connectivity index (χ1n) is 13.1.